The highest BCUT2D eigenvalue weighted by Gasteiger charge is 2.10. The van der Waals surface area contributed by atoms with Gasteiger partial charge in [0.25, 0.3) is 0 Å². The summed E-state index contributed by atoms with van der Waals surface area (Å²) in [6.45, 7) is 6.85. The van der Waals surface area contributed by atoms with Gasteiger partial charge in [-0.25, -0.2) is 4.98 Å². The molecule has 4 heteroatoms. The Balaban J connectivity index is 2.37. The van der Waals surface area contributed by atoms with Gasteiger partial charge in [0.1, 0.15) is 6.61 Å². The second-order valence-corrected chi connectivity index (χ2v) is 4.44. The smallest absolute Gasteiger partial charge is 0.218 e. The van der Waals surface area contributed by atoms with Crippen molar-refractivity contribution >= 4 is 0 Å². The molecule has 0 atom stereocenters. The molecule has 0 unspecified atom stereocenters. The van der Waals surface area contributed by atoms with Crippen LogP contribution in [0.1, 0.15) is 26.3 Å². The average molecular weight is 225 g/mol. The summed E-state index contributed by atoms with van der Waals surface area (Å²) in [6.07, 6.45) is 1.64. The zero-order valence-electron chi connectivity index (χ0n) is 10.1. The van der Waals surface area contributed by atoms with E-state index in [4.69, 9.17) is 14.6 Å². The van der Waals surface area contributed by atoms with Crippen LogP contribution in [0.15, 0.2) is 18.3 Å². The lowest BCUT2D eigenvalue weighted by molar-refractivity contribution is -0.0170. The van der Waals surface area contributed by atoms with Crippen molar-refractivity contribution in [3.63, 3.8) is 0 Å². The lowest BCUT2D eigenvalue weighted by atomic mass is 10.2. The number of aliphatic hydroxyl groups excluding tert-OH is 1. The normalized spacial score (nSPS) is 11.5. The highest BCUT2D eigenvalue weighted by atomic mass is 16.5. The second kappa shape index (κ2) is 5.82. The minimum atomic E-state index is -0.159. The molecule has 0 bridgehead atoms. The molecule has 90 valence electrons. The van der Waals surface area contributed by atoms with E-state index in [2.05, 4.69) is 4.98 Å². The second-order valence-electron chi connectivity index (χ2n) is 4.44. The highest BCUT2D eigenvalue weighted by molar-refractivity contribution is 5.24. The number of aromatic nitrogens is 1. The van der Waals surface area contributed by atoms with E-state index >= 15 is 0 Å². The van der Waals surface area contributed by atoms with E-state index in [1.807, 2.05) is 20.8 Å². The fourth-order valence-corrected chi connectivity index (χ4v) is 1.16. The third kappa shape index (κ3) is 4.59. The molecule has 1 heterocycles. The van der Waals surface area contributed by atoms with Gasteiger partial charge in [0.05, 0.1) is 18.8 Å². The van der Waals surface area contributed by atoms with Crippen LogP contribution in [-0.2, 0) is 11.3 Å². The molecule has 1 aromatic heterocycles. The molecule has 0 spiro atoms. The highest BCUT2D eigenvalue weighted by Crippen LogP contribution is 2.14. The van der Waals surface area contributed by atoms with E-state index in [0.29, 0.717) is 24.7 Å². The first-order valence-corrected chi connectivity index (χ1v) is 5.34. The van der Waals surface area contributed by atoms with Crippen molar-refractivity contribution < 1.29 is 14.6 Å². The third-order valence-electron chi connectivity index (χ3n) is 1.88. The fourth-order valence-electron chi connectivity index (χ4n) is 1.16. The molecule has 0 amide bonds. The van der Waals surface area contributed by atoms with Crippen molar-refractivity contribution in [2.45, 2.75) is 33.0 Å². The Hall–Kier alpha value is -1.13. The number of hydrogen-bond donors (Lipinski definition) is 1. The summed E-state index contributed by atoms with van der Waals surface area (Å²) in [6, 6.07) is 3.55. The van der Waals surface area contributed by atoms with E-state index in [1.54, 1.807) is 18.3 Å². The minimum Gasteiger partial charge on any atom is -0.475 e. The van der Waals surface area contributed by atoms with Crippen LogP contribution in [0.25, 0.3) is 0 Å². The molecule has 1 aromatic rings. The summed E-state index contributed by atoms with van der Waals surface area (Å²) < 4.78 is 10.9. The maximum Gasteiger partial charge on any atom is 0.218 e. The van der Waals surface area contributed by atoms with Gasteiger partial charge >= 0.3 is 0 Å². The molecule has 1 N–H and O–H groups in total. The van der Waals surface area contributed by atoms with Crippen molar-refractivity contribution in [2.24, 2.45) is 0 Å². The third-order valence-corrected chi connectivity index (χ3v) is 1.88. The summed E-state index contributed by atoms with van der Waals surface area (Å²) in [4.78, 5) is 4.05. The SMILES string of the molecule is CC(C)(C)OCCOc1ncccc1CO. The molecular formula is C12H19NO3. The van der Waals surface area contributed by atoms with Crippen molar-refractivity contribution in [3.05, 3.63) is 23.9 Å². The maximum absolute atomic E-state index is 9.05. The van der Waals surface area contributed by atoms with Gasteiger partial charge in [0.2, 0.25) is 5.88 Å². The number of rotatable bonds is 5. The molecule has 0 fully saturated rings. The Morgan fingerprint density at radius 1 is 1.31 bits per heavy atom. The molecule has 0 aromatic carbocycles. The monoisotopic (exact) mass is 225 g/mol. The van der Waals surface area contributed by atoms with Gasteiger partial charge in [-0.05, 0) is 32.9 Å². The topological polar surface area (TPSA) is 51.6 Å². The van der Waals surface area contributed by atoms with Crippen LogP contribution in [0, 0.1) is 0 Å². The Kier molecular flexibility index (Phi) is 4.71. The Morgan fingerprint density at radius 3 is 2.69 bits per heavy atom. The predicted molar refractivity (Wildman–Crippen MR) is 61.4 cm³/mol. The summed E-state index contributed by atoms with van der Waals surface area (Å²) in [5, 5.41) is 9.05. The summed E-state index contributed by atoms with van der Waals surface area (Å²) in [7, 11) is 0. The van der Waals surface area contributed by atoms with Gasteiger partial charge in [0, 0.05) is 11.8 Å². The van der Waals surface area contributed by atoms with Crippen LogP contribution in [-0.4, -0.2) is 28.9 Å². The van der Waals surface area contributed by atoms with Crippen LogP contribution in [0.4, 0.5) is 0 Å². The first kappa shape index (κ1) is 12.9. The van der Waals surface area contributed by atoms with Gasteiger partial charge in [-0.3, -0.25) is 0 Å². The van der Waals surface area contributed by atoms with E-state index in [1.165, 1.54) is 0 Å². The first-order valence-electron chi connectivity index (χ1n) is 5.34. The first-order chi connectivity index (χ1) is 7.53. The van der Waals surface area contributed by atoms with Crippen LogP contribution < -0.4 is 4.74 Å². The molecule has 0 aliphatic carbocycles. The Bertz CT molecular complexity index is 320. The van der Waals surface area contributed by atoms with Gasteiger partial charge in [-0.1, -0.05) is 0 Å². The molecular weight excluding hydrogens is 206 g/mol. The van der Waals surface area contributed by atoms with Gasteiger partial charge in [0.15, 0.2) is 0 Å². The maximum atomic E-state index is 9.05. The number of ether oxygens (including phenoxy) is 2. The molecule has 0 saturated heterocycles. The van der Waals surface area contributed by atoms with E-state index in [0.717, 1.165) is 0 Å². The number of aliphatic hydroxyl groups is 1. The number of hydrogen-bond acceptors (Lipinski definition) is 4. The van der Waals surface area contributed by atoms with Crippen LogP contribution in [0.5, 0.6) is 5.88 Å². The molecule has 16 heavy (non-hydrogen) atoms. The minimum absolute atomic E-state index is 0.0662. The Morgan fingerprint density at radius 2 is 2.06 bits per heavy atom. The number of nitrogens with zero attached hydrogens (tertiary/aromatic N) is 1. The molecule has 0 saturated carbocycles. The van der Waals surface area contributed by atoms with Crippen molar-refractivity contribution in [1.29, 1.82) is 0 Å². The quantitative estimate of drug-likeness (QED) is 0.776. The molecule has 1 rings (SSSR count). The summed E-state index contributed by atoms with van der Waals surface area (Å²) in [5.74, 6) is 0.475. The van der Waals surface area contributed by atoms with E-state index in [9.17, 15) is 0 Å². The Labute approximate surface area is 96.2 Å². The summed E-state index contributed by atoms with van der Waals surface area (Å²) in [5.41, 5.74) is 0.533. The molecule has 0 aliphatic rings. The average Bonchev–Trinajstić information content (AvgIpc) is 2.23. The fraction of sp³-hybridized carbons (Fsp3) is 0.583. The standard InChI is InChI=1S/C12H19NO3/c1-12(2,3)16-8-7-15-11-10(9-14)5-4-6-13-11/h4-6,14H,7-9H2,1-3H3. The van der Waals surface area contributed by atoms with Gasteiger partial charge < -0.3 is 14.6 Å². The van der Waals surface area contributed by atoms with Crippen molar-refractivity contribution in [3.8, 4) is 5.88 Å². The van der Waals surface area contributed by atoms with Crippen molar-refractivity contribution in [1.82, 2.24) is 4.98 Å². The van der Waals surface area contributed by atoms with Crippen LogP contribution >= 0.6 is 0 Å². The molecule has 0 radical (unpaired) electrons. The lowest BCUT2D eigenvalue weighted by Crippen LogP contribution is -2.22. The van der Waals surface area contributed by atoms with E-state index < -0.39 is 0 Å². The van der Waals surface area contributed by atoms with Gasteiger partial charge in [-0.2, -0.15) is 0 Å². The predicted octanol–water partition coefficient (Wildman–Crippen LogP) is 1.77. The van der Waals surface area contributed by atoms with E-state index in [-0.39, 0.29) is 12.2 Å². The zero-order chi connectivity index (χ0) is 12.0. The molecule has 4 nitrogen and oxygen atoms in total. The van der Waals surface area contributed by atoms with Crippen molar-refractivity contribution in [2.75, 3.05) is 13.2 Å². The zero-order valence-corrected chi connectivity index (χ0v) is 10.1. The number of pyridine rings is 1. The van der Waals surface area contributed by atoms with Crippen LogP contribution in [0.3, 0.4) is 0 Å². The lowest BCUT2D eigenvalue weighted by Gasteiger charge is -2.19. The largest absolute Gasteiger partial charge is 0.475 e. The van der Waals surface area contributed by atoms with Gasteiger partial charge in [-0.15, -0.1) is 0 Å². The molecule has 0 aliphatic heterocycles. The van der Waals surface area contributed by atoms with Crippen LogP contribution in [0.2, 0.25) is 0 Å². The summed E-state index contributed by atoms with van der Waals surface area (Å²) >= 11 is 0.